The molecule has 0 saturated carbocycles. The van der Waals surface area contributed by atoms with Crippen molar-refractivity contribution in [1.82, 2.24) is 14.3 Å². The lowest BCUT2D eigenvalue weighted by Gasteiger charge is -2.18. The molecule has 0 fully saturated rings. The number of rotatable bonds is 7. The maximum atomic E-state index is 11.9. The molecule has 0 aliphatic carbocycles. The van der Waals surface area contributed by atoms with E-state index in [-0.39, 0.29) is 12.3 Å². The summed E-state index contributed by atoms with van der Waals surface area (Å²) in [6, 6.07) is 0. The van der Waals surface area contributed by atoms with Crippen LogP contribution in [-0.4, -0.2) is 48.1 Å². The summed E-state index contributed by atoms with van der Waals surface area (Å²) in [5, 5.41) is 3.26. The maximum Gasteiger partial charge on any atom is 0.215 e. The van der Waals surface area contributed by atoms with Crippen molar-refractivity contribution >= 4 is 27.4 Å². The van der Waals surface area contributed by atoms with Gasteiger partial charge in [-0.3, -0.25) is 0 Å². The number of nitrogens with zero attached hydrogens (tertiary/aromatic N) is 3. The van der Waals surface area contributed by atoms with Crippen molar-refractivity contribution in [2.24, 2.45) is 0 Å². The van der Waals surface area contributed by atoms with Gasteiger partial charge in [0.2, 0.25) is 10.0 Å². The van der Waals surface area contributed by atoms with Gasteiger partial charge in [0.05, 0.1) is 11.9 Å². The Bertz CT molecular complexity index is 477. The maximum absolute atomic E-state index is 11.9. The number of halogens is 1. The third-order valence-electron chi connectivity index (χ3n) is 2.42. The zero-order valence-corrected chi connectivity index (χ0v) is 12.0. The summed E-state index contributed by atoms with van der Waals surface area (Å²) in [4.78, 5) is 7.67. The molecule has 8 heteroatoms. The second kappa shape index (κ2) is 6.86. The lowest BCUT2D eigenvalue weighted by Crippen LogP contribution is -2.34. The van der Waals surface area contributed by atoms with E-state index in [1.165, 1.54) is 16.8 Å². The predicted octanol–water partition coefficient (Wildman–Crippen LogP) is 1.21. The van der Waals surface area contributed by atoms with E-state index in [4.69, 9.17) is 11.6 Å². The summed E-state index contributed by atoms with van der Waals surface area (Å²) in [5.74, 6) is 0.455. The largest absolute Gasteiger partial charge is 0.368 e. The molecule has 0 bridgehead atoms. The highest BCUT2D eigenvalue weighted by atomic mass is 35.5. The van der Waals surface area contributed by atoms with Gasteiger partial charge >= 0.3 is 0 Å². The van der Waals surface area contributed by atoms with Gasteiger partial charge in [0.25, 0.3) is 0 Å². The SMILES string of the molecule is CCN(CC)S(=O)(=O)CCNc1ncncc1Cl. The third-order valence-corrected chi connectivity index (χ3v) is 4.72. The molecular weight excluding hydrogens is 276 g/mol. The molecule has 0 spiro atoms. The van der Waals surface area contributed by atoms with E-state index in [0.717, 1.165) is 0 Å². The van der Waals surface area contributed by atoms with Crippen LogP contribution in [0.3, 0.4) is 0 Å². The van der Waals surface area contributed by atoms with Crippen molar-refractivity contribution in [2.75, 3.05) is 30.7 Å². The Morgan fingerprint density at radius 2 is 2.06 bits per heavy atom. The summed E-state index contributed by atoms with van der Waals surface area (Å²) in [5.41, 5.74) is 0. The van der Waals surface area contributed by atoms with E-state index < -0.39 is 10.0 Å². The first kappa shape index (κ1) is 15.1. The number of hydrogen-bond acceptors (Lipinski definition) is 5. The van der Waals surface area contributed by atoms with Crippen molar-refractivity contribution in [1.29, 1.82) is 0 Å². The summed E-state index contributed by atoms with van der Waals surface area (Å²) in [7, 11) is -3.22. The van der Waals surface area contributed by atoms with Crippen molar-refractivity contribution in [3.63, 3.8) is 0 Å². The smallest absolute Gasteiger partial charge is 0.215 e. The lowest BCUT2D eigenvalue weighted by molar-refractivity contribution is 0.446. The fraction of sp³-hybridized carbons (Fsp3) is 0.600. The van der Waals surface area contributed by atoms with Crippen molar-refractivity contribution < 1.29 is 8.42 Å². The average molecular weight is 293 g/mol. The monoisotopic (exact) mass is 292 g/mol. The molecule has 18 heavy (non-hydrogen) atoms. The Morgan fingerprint density at radius 3 is 2.61 bits per heavy atom. The molecule has 6 nitrogen and oxygen atoms in total. The van der Waals surface area contributed by atoms with Crippen LogP contribution in [0.2, 0.25) is 5.02 Å². The van der Waals surface area contributed by atoms with Crippen LogP contribution in [0.5, 0.6) is 0 Å². The normalized spacial score (nSPS) is 11.8. The molecule has 1 N–H and O–H groups in total. The van der Waals surface area contributed by atoms with Crippen LogP contribution in [0.25, 0.3) is 0 Å². The molecule has 0 amide bonds. The van der Waals surface area contributed by atoms with Gasteiger partial charge in [-0.2, -0.15) is 0 Å². The molecule has 0 saturated heterocycles. The minimum Gasteiger partial charge on any atom is -0.368 e. The van der Waals surface area contributed by atoms with E-state index in [1.54, 1.807) is 0 Å². The van der Waals surface area contributed by atoms with Crippen LogP contribution < -0.4 is 5.32 Å². The van der Waals surface area contributed by atoms with Gasteiger partial charge in [-0.15, -0.1) is 0 Å². The first-order valence-electron chi connectivity index (χ1n) is 5.68. The van der Waals surface area contributed by atoms with E-state index >= 15 is 0 Å². The highest BCUT2D eigenvalue weighted by Gasteiger charge is 2.18. The Kier molecular flexibility index (Phi) is 5.77. The molecule has 0 aliphatic heterocycles. The van der Waals surface area contributed by atoms with Crippen LogP contribution in [0.15, 0.2) is 12.5 Å². The topological polar surface area (TPSA) is 75.2 Å². The highest BCUT2D eigenvalue weighted by molar-refractivity contribution is 7.89. The molecule has 1 aromatic heterocycles. The van der Waals surface area contributed by atoms with Gasteiger partial charge in [0.15, 0.2) is 0 Å². The Hall–Kier alpha value is -0.920. The van der Waals surface area contributed by atoms with E-state index in [0.29, 0.717) is 23.9 Å². The molecule has 1 aromatic rings. The van der Waals surface area contributed by atoms with Crippen molar-refractivity contribution in [3.8, 4) is 0 Å². The number of hydrogen-bond donors (Lipinski definition) is 1. The van der Waals surface area contributed by atoms with Crippen LogP contribution >= 0.6 is 11.6 Å². The molecular formula is C10H17ClN4O2S. The Labute approximate surface area is 112 Å². The number of nitrogens with one attached hydrogen (secondary N) is 1. The minimum atomic E-state index is -3.22. The minimum absolute atomic E-state index is 0.00894. The molecule has 1 heterocycles. The Morgan fingerprint density at radius 1 is 1.39 bits per heavy atom. The van der Waals surface area contributed by atoms with Crippen LogP contribution in [0.4, 0.5) is 5.82 Å². The molecule has 0 aromatic carbocycles. The van der Waals surface area contributed by atoms with Crippen LogP contribution in [-0.2, 0) is 10.0 Å². The van der Waals surface area contributed by atoms with Crippen LogP contribution in [0.1, 0.15) is 13.8 Å². The fourth-order valence-corrected chi connectivity index (χ4v) is 3.06. The second-order valence-corrected chi connectivity index (χ2v) is 6.04. The van der Waals surface area contributed by atoms with Gasteiger partial charge in [-0.05, 0) is 0 Å². The summed E-state index contributed by atoms with van der Waals surface area (Å²) >= 11 is 5.84. The predicted molar refractivity (Wildman–Crippen MR) is 72.2 cm³/mol. The number of aromatic nitrogens is 2. The van der Waals surface area contributed by atoms with Gasteiger partial charge in [-0.25, -0.2) is 22.7 Å². The summed E-state index contributed by atoms with van der Waals surface area (Å²) in [6.45, 7) is 4.85. The summed E-state index contributed by atoms with van der Waals surface area (Å²) in [6.07, 6.45) is 2.81. The third kappa shape index (κ3) is 4.08. The van der Waals surface area contributed by atoms with E-state index in [1.807, 2.05) is 13.8 Å². The van der Waals surface area contributed by atoms with Crippen molar-refractivity contribution in [2.45, 2.75) is 13.8 Å². The van der Waals surface area contributed by atoms with Crippen LogP contribution in [0, 0.1) is 0 Å². The summed E-state index contributed by atoms with van der Waals surface area (Å²) < 4.78 is 25.2. The highest BCUT2D eigenvalue weighted by Crippen LogP contribution is 2.15. The van der Waals surface area contributed by atoms with E-state index in [9.17, 15) is 8.42 Å². The zero-order chi connectivity index (χ0) is 13.6. The standard InChI is InChI=1S/C10H17ClN4O2S/c1-3-15(4-2)18(16,17)6-5-13-10-9(11)7-12-8-14-10/h7-8H,3-6H2,1-2H3,(H,12,13,14). The van der Waals surface area contributed by atoms with Gasteiger partial charge in [0.1, 0.15) is 17.2 Å². The Balaban J connectivity index is 2.54. The van der Waals surface area contributed by atoms with E-state index in [2.05, 4.69) is 15.3 Å². The van der Waals surface area contributed by atoms with Gasteiger partial charge < -0.3 is 5.32 Å². The first-order chi connectivity index (χ1) is 8.51. The molecule has 0 radical (unpaired) electrons. The molecule has 102 valence electrons. The van der Waals surface area contributed by atoms with Gasteiger partial charge in [-0.1, -0.05) is 25.4 Å². The average Bonchev–Trinajstić information content (AvgIpc) is 2.32. The zero-order valence-electron chi connectivity index (χ0n) is 10.4. The molecule has 0 aliphatic rings. The number of sulfonamides is 1. The van der Waals surface area contributed by atoms with Crippen molar-refractivity contribution in [3.05, 3.63) is 17.5 Å². The molecule has 0 atom stereocenters. The molecule has 0 unspecified atom stereocenters. The second-order valence-electron chi connectivity index (χ2n) is 3.55. The number of anilines is 1. The first-order valence-corrected chi connectivity index (χ1v) is 7.67. The van der Waals surface area contributed by atoms with Gasteiger partial charge in [0, 0.05) is 19.6 Å². The molecule has 1 rings (SSSR count). The fourth-order valence-electron chi connectivity index (χ4n) is 1.49. The quantitative estimate of drug-likeness (QED) is 0.818. The lowest BCUT2D eigenvalue weighted by atomic mass is 10.5.